The van der Waals surface area contributed by atoms with Crippen molar-refractivity contribution in [3.63, 3.8) is 0 Å². The number of nitrogens with one attached hydrogen (secondary N) is 1. The summed E-state index contributed by atoms with van der Waals surface area (Å²) in [6.45, 7) is 1.67. The van der Waals surface area contributed by atoms with Crippen molar-refractivity contribution in [2.75, 3.05) is 11.2 Å². The van der Waals surface area contributed by atoms with Gasteiger partial charge in [-0.2, -0.15) is 0 Å². The van der Waals surface area contributed by atoms with E-state index in [4.69, 9.17) is 10.3 Å². The first-order valence-corrected chi connectivity index (χ1v) is 7.90. The molecule has 0 saturated heterocycles. The summed E-state index contributed by atoms with van der Waals surface area (Å²) in [7, 11) is 0. The number of carbonyl (C=O) groups excluding carboxylic acids is 1. The van der Waals surface area contributed by atoms with Crippen molar-refractivity contribution in [1.82, 2.24) is 14.9 Å². The van der Waals surface area contributed by atoms with E-state index in [2.05, 4.69) is 15.5 Å². The second kappa shape index (κ2) is 6.75. The summed E-state index contributed by atoms with van der Waals surface area (Å²) in [6, 6.07) is 9.38. The van der Waals surface area contributed by atoms with Gasteiger partial charge in [-0.1, -0.05) is 23.9 Å². The Labute approximate surface area is 141 Å². The molecule has 1 amide bonds. The maximum atomic E-state index is 13.6. The second-order valence-electron chi connectivity index (χ2n) is 4.88. The van der Waals surface area contributed by atoms with E-state index in [9.17, 15) is 9.18 Å². The number of hydrogen-bond acceptors (Lipinski definition) is 6. The van der Waals surface area contributed by atoms with Crippen molar-refractivity contribution in [3.05, 3.63) is 48.5 Å². The van der Waals surface area contributed by atoms with Crippen molar-refractivity contribution in [2.45, 2.75) is 17.3 Å². The monoisotopic (exact) mass is 347 g/mol. The first-order chi connectivity index (χ1) is 11.6. The van der Waals surface area contributed by atoms with Gasteiger partial charge in [-0.3, -0.25) is 4.79 Å². The molecule has 0 aliphatic rings. The van der Waals surface area contributed by atoms with Crippen LogP contribution in [0.15, 0.2) is 52.2 Å². The van der Waals surface area contributed by atoms with Crippen molar-refractivity contribution in [3.8, 4) is 11.6 Å². The van der Waals surface area contributed by atoms with Crippen LogP contribution in [0.3, 0.4) is 0 Å². The third-order valence-electron chi connectivity index (χ3n) is 3.19. The van der Waals surface area contributed by atoms with E-state index in [1.165, 1.54) is 23.1 Å². The molecular formula is C15H14FN5O2S. The zero-order chi connectivity index (χ0) is 17.1. The molecule has 24 heavy (non-hydrogen) atoms. The minimum Gasteiger partial charge on any atom is -0.461 e. The lowest BCUT2D eigenvalue weighted by Gasteiger charge is -2.11. The maximum Gasteiger partial charge on any atom is 0.237 e. The second-order valence-corrected chi connectivity index (χ2v) is 6.19. The smallest absolute Gasteiger partial charge is 0.237 e. The standard InChI is InChI=1S/C15H14FN5O2S/c1-9(14(22)18-11-6-3-2-5-10(11)16)24-15-20-19-13(21(15)17)12-7-4-8-23-12/h2-9H,17H2,1H3,(H,18,22)/t9-/m0/s1. The molecule has 2 heterocycles. The van der Waals surface area contributed by atoms with E-state index in [0.29, 0.717) is 16.7 Å². The van der Waals surface area contributed by atoms with Crippen molar-refractivity contribution >= 4 is 23.4 Å². The Hall–Kier alpha value is -2.81. The molecule has 3 N–H and O–H groups in total. The van der Waals surface area contributed by atoms with Gasteiger partial charge in [0.2, 0.25) is 16.9 Å². The minimum absolute atomic E-state index is 0.125. The number of nitrogens with two attached hydrogens (primary N) is 1. The van der Waals surface area contributed by atoms with Crippen LogP contribution in [0.25, 0.3) is 11.6 Å². The SMILES string of the molecule is C[C@H](Sc1nnc(-c2ccco2)n1N)C(=O)Nc1ccccc1F. The number of hydrogen-bond donors (Lipinski definition) is 2. The highest BCUT2D eigenvalue weighted by Crippen LogP contribution is 2.25. The summed E-state index contributed by atoms with van der Waals surface area (Å²) in [5, 5.41) is 10.2. The quantitative estimate of drug-likeness (QED) is 0.543. The highest BCUT2D eigenvalue weighted by atomic mass is 32.2. The number of rotatable bonds is 5. The summed E-state index contributed by atoms with van der Waals surface area (Å²) in [5.74, 6) is 5.90. The van der Waals surface area contributed by atoms with Gasteiger partial charge in [-0.25, -0.2) is 9.07 Å². The van der Waals surface area contributed by atoms with Crippen LogP contribution in [-0.2, 0) is 4.79 Å². The zero-order valence-electron chi connectivity index (χ0n) is 12.6. The van der Waals surface area contributed by atoms with Gasteiger partial charge in [0.15, 0.2) is 5.76 Å². The predicted octanol–water partition coefficient (Wildman–Crippen LogP) is 2.51. The number of benzene rings is 1. The van der Waals surface area contributed by atoms with E-state index in [1.54, 1.807) is 31.2 Å². The molecule has 2 aromatic heterocycles. The van der Waals surface area contributed by atoms with Crippen LogP contribution in [0.4, 0.5) is 10.1 Å². The molecule has 7 nitrogen and oxygen atoms in total. The van der Waals surface area contributed by atoms with Crippen LogP contribution >= 0.6 is 11.8 Å². The Morgan fingerprint density at radius 1 is 1.33 bits per heavy atom. The number of furan rings is 1. The van der Waals surface area contributed by atoms with Crippen LogP contribution in [0.2, 0.25) is 0 Å². The largest absolute Gasteiger partial charge is 0.461 e. The third kappa shape index (κ3) is 3.25. The van der Waals surface area contributed by atoms with Gasteiger partial charge < -0.3 is 15.6 Å². The lowest BCUT2D eigenvalue weighted by Crippen LogP contribution is -2.24. The molecule has 9 heteroatoms. The molecule has 0 bridgehead atoms. The summed E-state index contributed by atoms with van der Waals surface area (Å²) in [5.41, 5.74) is 0.125. The number of thioether (sulfide) groups is 1. The average molecular weight is 347 g/mol. The Balaban J connectivity index is 1.70. The summed E-state index contributed by atoms with van der Waals surface area (Å²) in [6.07, 6.45) is 1.50. The van der Waals surface area contributed by atoms with Crippen LogP contribution in [0, 0.1) is 5.82 Å². The fraction of sp³-hybridized carbons (Fsp3) is 0.133. The van der Waals surface area contributed by atoms with E-state index in [0.717, 1.165) is 11.8 Å². The Kier molecular flexibility index (Phi) is 4.52. The van der Waals surface area contributed by atoms with Crippen LogP contribution in [0.1, 0.15) is 6.92 Å². The molecule has 0 unspecified atom stereocenters. The molecule has 0 aliphatic carbocycles. The van der Waals surface area contributed by atoms with Gasteiger partial charge in [0.25, 0.3) is 0 Å². The number of amides is 1. The lowest BCUT2D eigenvalue weighted by atomic mass is 10.3. The van der Waals surface area contributed by atoms with Crippen molar-refractivity contribution < 1.29 is 13.6 Å². The van der Waals surface area contributed by atoms with Crippen molar-refractivity contribution in [2.24, 2.45) is 0 Å². The van der Waals surface area contributed by atoms with E-state index in [-0.39, 0.29) is 11.6 Å². The van der Waals surface area contributed by atoms with Crippen LogP contribution in [0.5, 0.6) is 0 Å². The topological polar surface area (TPSA) is 99.0 Å². The Morgan fingerprint density at radius 3 is 2.83 bits per heavy atom. The molecular weight excluding hydrogens is 333 g/mol. The number of halogens is 1. The average Bonchev–Trinajstić information content (AvgIpc) is 3.20. The molecule has 0 saturated carbocycles. The van der Waals surface area contributed by atoms with E-state index in [1.807, 2.05) is 0 Å². The normalized spacial score (nSPS) is 12.1. The number of nitrogen functional groups attached to an aromatic ring is 1. The molecule has 0 fully saturated rings. The zero-order valence-corrected chi connectivity index (χ0v) is 13.5. The molecule has 0 aliphatic heterocycles. The fourth-order valence-electron chi connectivity index (χ4n) is 1.94. The highest BCUT2D eigenvalue weighted by molar-refractivity contribution is 8.00. The summed E-state index contributed by atoms with van der Waals surface area (Å²) >= 11 is 1.11. The van der Waals surface area contributed by atoms with Gasteiger partial charge in [0, 0.05) is 0 Å². The number of nitrogens with zero attached hydrogens (tertiary/aromatic N) is 3. The minimum atomic E-state index is -0.555. The first kappa shape index (κ1) is 16.1. The molecule has 3 rings (SSSR count). The van der Waals surface area contributed by atoms with Gasteiger partial charge in [-0.15, -0.1) is 10.2 Å². The third-order valence-corrected chi connectivity index (χ3v) is 4.25. The van der Waals surface area contributed by atoms with E-state index >= 15 is 0 Å². The Morgan fingerprint density at radius 2 is 2.12 bits per heavy atom. The van der Waals surface area contributed by atoms with E-state index < -0.39 is 11.1 Å². The van der Waals surface area contributed by atoms with Gasteiger partial charge in [0.05, 0.1) is 17.2 Å². The number of anilines is 1. The number of aromatic nitrogens is 3. The molecule has 1 atom stereocenters. The molecule has 1 aromatic carbocycles. The number of para-hydroxylation sites is 1. The molecule has 124 valence electrons. The summed E-state index contributed by atoms with van der Waals surface area (Å²) < 4.78 is 20.1. The molecule has 3 aromatic rings. The highest BCUT2D eigenvalue weighted by Gasteiger charge is 2.21. The Bertz CT molecular complexity index is 849. The van der Waals surface area contributed by atoms with Gasteiger partial charge in [-0.05, 0) is 31.2 Å². The lowest BCUT2D eigenvalue weighted by molar-refractivity contribution is -0.115. The maximum absolute atomic E-state index is 13.6. The first-order valence-electron chi connectivity index (χ1n) is 7.02. The van der Waals surface area contributed by atoms with Gasteiger partial charge in [0.1, 0.15) is 5.82 Å². The molecule has 0 spiro atoms. The predicted molar refractivity (Wildman–Crippen MR) is 88.2 cm³/mol. The van der Waals surface area contributed by atoms with Crippen LogP contribution < -0.4 is 11.2 Å². The molecule has 0 radical (unpaired) electrons. The number of carbonyl (C=O) groups is 1. The van der Waals surface area contributed by atoms with Crippen molar-refractivity contribution in [1.29, 1.82) is 0 Å². The fourth-order valence-corrected chi connectivity index (χ4v) is 2.71. The summed E-state index contributed by atoms with van der Waals surface area (Å²) in [4.78, 5) is 12.2. The van der Waals surface area contributed by atoms with Gasteiger partial charge >= 0.3 is 0 Å². The van der Waals surface area contributed by atoms with Crippen LogP contribution in [-0.4, -0.2) is 26.0 Å².